The Bertz CT molecular complexity index is 402. The van der Waals surface area contributed by atoms with Gasteiger partial charge in [-0.3, -0.25) is 0 Å². The van der Waals surface area contributed by atoms with Crippen LogP contribution in [-0.4, -0.2) is 14.1 Å². The van der Waals surface area contributed by atoms with Crippen molar-refractivity contribution in [3.63, 3.8) is 0 Å². The normalized spacial score (nSPS) is 22.2. The fraction of sp³-hybridized carbons (Fsp3) is 0.231. The average molecular weight is 234 g/mol. The molecule has 0 bridgehead atoms. The van der Waals surface area contributed by atoms with Crippen LogP contribution in [0.4, 0.5) is 0 Å². The van der Waals surface area contributed by atoms with Crippen LogP contribution in [0.15, 0.2) is 60.0 Å². The quantitative estimate of drug-likeness (QED) is 0.525. The van der Waals surface area contributed by atoms with Gasteiger partial charge in [-0.25, -0.2) is 0 Å². The van der Waals surface area contributed by atoms with Crippen molar-refractivity contribution in [2.75, 3.05) is 14.1 Å². The van der Waals surface area contributed by atoms with E-state index in [0.717, 1.165) is 11.3 Å². The third-order valence-electron chi connectivity index (χ3n) is 2.56. The second kappa shape index (κ2) is 6.32. The number of hydrogen-bond acceptors (Lipinski definition) is 2. The molecule has 0 heterocycles. The third kappa shape index (κ3) is 4.13. The predicted molar refractivity (Wildman–Crippen MR) is 68.7 cm³/mol. The molecular formula is C13H18N2O2. The van der Waals surface area contributed by atoms with Crippen LogP contribution in [-0.2, 0) is 0 Å². The minimum atomic E-state index is -0.0148. The van der Waals surface area contributed by atoms with Crippen LogP contribution in [0, 0.1) is 10.4 Å². The van der Waals surface area contributed by atoms with Gasteiger partial charge in [0, 0.05) is 6.42 Å². The van der Waals surface area contributed by atoms with E-state index in [-0.39, 0.29) is 10.1 Å². The van der Waals surface area contributed by atoms with Gasteiger partial charge < -0.3 is 20.5 Å². The molecule has 0 aromatic carbocycles. The van der Waals surface area contributed by atoms with E-state index in [1.165, 1.54) is 13.1 Å². The summed E-state index contributed by atoms with van der Waals surface area (Å²) in [6.07, 6.45) is 11.3. The molecule has 0 spiro atoms. The monoisotopic (exact) mass is 234 g/mol. The fourth-order valence-electron chi connectivity index (χ4n) is 1.51. The highest BCUT2D eigenvalue weighted by Gasteiger charge is 2.07. The lowest BCUT2D eigenvalue weighted by Gasteiger charge is -2.21. The maximum absolute atomic E-state index is 11.2. The van der Waals surface area contributed by atoms with Crippen LogP contribution < -0.4 is 10.1 Å². The summed E-state index contributed by atoms with van der Waals surface area (Å²) in [6.45, 7) is 3.59. The molecule has 4 heteroatoms. The van der Waals surface area contributed by atoms with E-state index >= 15 is 0 Å². The zero-order chi connectivity index (χ0) is 12.8. The zero-order valence-corrected chi connectivity index (χ0v) is 10.2. The van der Waals surface area contributed by atoms with Gasteiger partial charge in [-0.1, -0.05) is 24.8 Å². The Balaban J connectivity index is 2.80. The summed E-state index contributed by atoms with van der Waals surface area (Å²) in [5.41, 5.74) is 2.37. The molecule has 92 valence electrons. The van der Waals surface area contributed by atoms with Crippen LogP contribution in [0.5, 0.6) is 0 Å². The topological polar surface area (TPSA) is 55.0 Å². The first kappa shape index (κ1) is 13.6. The fourth-order valence-corrected chi connectivity index (χ4v) is 1.51. The molecule has 0 saturated carbocycles. The molecule has 4 nitrogen and oxygen atoms in total. The zero-order valence-electron chi connectivity index (χ0n) is 10.2. The van der Waals surface area contributed by atoms with Gasteiger partial charge in [-0.2, -0.15) is 0 Å². The maximum Gasteiger partial charge on any atom is 0.130 e. The molecule has 0 aromatic rings. The minimum absolute atomic E-state index is 0.0148. The predicted octanol–water partition coefficient (Wildman–Crippen LogP) is -0.148. The van der Waals surface area contributed by atoms with Gasteiger partial charge in [0.15, 0.2) is 0 Å². The van der Waals surface area contributed by atoms with E-state index in [9.17, 15) is 10.4 Å². The molecule has 0 aliphatic heterocycles. The van der Waals surface area contributed by atoms with Crippen molar-refractivity contribution < 1.29 is 10.1 Å². The van der Waals surface area contributed by atoms with Crippen molar-refractivity contribution in [3.05, 3.63) is 70.4 Å². The molecular weight excluding hydrogens is 216 g/mol. The van der Waals surface area contributed by atoms with E-state index in [1.807, 2.05) is 24.3 Å². The Morgan fingerprint density at radius 1 is 1.41 bits per heavy atom. The highest BCUT2D eigenvalue weighted by molar-refractivity contribution is 5.35. The second-order valence-electron chi connectivity index (χ2n) is 3.91. The van der Waals surface area contributed by atoms with Crippen molar-refractivity contribution in [1.82, 2.24) is 0 Å². The van der Waals surface area contributed by atoms with E-state index < -0.39 is 0 Å². The molecule has 0 radical (unpaired) electrons. The van der Waals surface area contributed by atoms with Crippen LogP contribution in [0.25, 0.3) is 0 Å². The Labute approximate surface area is 102 Å². The molecule has 1 rings (SSSR count). The highest BCUT2D eigenvalue weighted by Crippen LogP contribution is 2.13. The summed E-state index contributed by atoms with van der Waals surface area (Å²) in [5.74, 6) is 0. The highest BCUT2D eigenvalue weighted by atomic mass is 16.5. The standard InChI is InChI=1S/C13H18N2O2/c1-4-12(14(2)16)9-8-11-6-5-7-13(10-11)15(3)17/h4-9,14-15H,1,10H2,2-3H3/b11-8+,12-9+. The van der Waals surface area contributed by atoms with Crippen molar-refractivity contribution in [1.29, 1.82) is 0 Å². The summed E-state index contributed by atoms with van der Waals surface area (Å²) in [6, 6.07) is 0. The lowest BCUT2D eigenvalue weighted by Crippen LogP contribution is -3.01. The average Bonchev–Trinajstić information content (AvgIpc) is 2.29. The lowest BCUT2D eigenvalue weighted by molar-refractivity contribution is -0.783. The molecule has 1 aliphatic carbocycles. The maximum atomic E-state index is 11.2. The molecule has 0 amide bonds. The third-order valence-corrected chi connectivity index (χ3v) is 2.56. The molecule has 0 fully saturated rings. The number of quaternary nitrogens is 2. The summed E-state index contributed by atoms with van der Waals surface area (Å²) in [7, 11) is 3.06. The van der Waals surface area contributed by atoms with E-state index in [2.05, 4.69) is 6.58 Å². The molecule has 2 atom stereocenters. The van der Waals surface area contributed by atoms with Gasteiger partial charge in [0.2, 0.25) is 0 Å². The molecule has 1 aliphatic rings. The van der Waals surface area contributed by atoms with Gasteiger partial charge in [-0.05, 0) is 23.8 Å². The second-order valence-corrected chi connectivity index (χ2v) is 3.91. The van der Waals surface area contributed by atoms with Gasteiger partial charge >= 0.3 is 0 Å². The van der Waals surface area contributed by atoms with Crippen LogP contribution in [0.3, 0.4) is 0 Å². The summed E-state index contributed by atoms with van der Waals surface area (Å²) in [4.78, 5) is 0. The number of rotatable bonds is 4. The van der Waals surface area contributed by atoms with Gasteiger partial charge in [0.05, 0.1) is 14.1 Å². The van der Waals surface area contributed by atoms with Crippen LogP contribution in [0.1, 0.15) is 6.42 Å². The number of hydrogen-bond donors (Lipinski definition) is 2. The van der Waals surface area contributed by atoms with Crippen molar-refractivity contribution in [2.24, 2.45) is 0 Å². The number of hydroxylamine groups is 4. The number of nitrogens with one attached hydrogen (secondary N) is 2. The summed E-state index contributed by atoms with van der Waals surface area (Å²) >= 11 is 0. The molecule has 2 unspecified atom stereocenters. The van der Waals surface area contributed by atoms with E-state index in [1.54, 1.807) is 13.1 Å². The first-order chi connectivity index (χ1) is 8.04. The first-order valence-corrected chi connectivity index (χ1v) is 5.47. The van der Waals surface area contributed by atoms with E-state index in [4.69, 9.17) is 0 Å². The van der Waals surface area contributed by atoms with Crippen LogP contribution in [0.2, 0.25) is 0 Å². The Kier molecular flexibility index (Phi) is 5.06. The summed E-state index contributed by atoms with van der Waals surface area (Å²) in [5, 5.41) is 22.5. The Hall–Kier alpha value is -1.46. The minimum Gasteiger partial charge on any atom is -0.629 e. The smallest absolute Gasteiger partial charge is 0.130 e. The van der Waals surface area contributed by atoms with E-state index in [0.29, 0.717) is 12.1 Å². The lowest BCUT2D eigenvalue weighted by atomic mass is 10.0. The van der Waals surface area contributed by atoms with Crippen LogP contribution >= 0.6 is 0 Å². The Morgan fingerprint density at radius 3 is 2.65 bits per heavy atom. The molecule has 0 saturated heterocycles. The number of likely N-dealkylation sites (N-methyl/N-ethyl adjacent to an activating group) is 1. The SMILES string of the molecule is C=C/C(=C\C=C1/C=CC=C([NH+](C)[O-])C1)[NH+](C)[O-]. The van der Waals surface area contributed by atoms with Gasteiger partial charge in [0.1, 0.15) is 11.4 Å². The first-order valence-electron chi connectivity index (χ1n) is 5.47. The van der Waals surface area contributed by atoms with Crippen molar-refractivity contribution >= 4 is 0 Å². The summed E-state index contributed by atoms with van der Waals surface area (Å²) < 4.78 is 0. The largest absolute Gasteiger partial charge is 0.629 e. The Morgan fingerprint density at radius 2 is 2.12 bits per heavy atom. The molecule has 0 aromatic heterocycles. The van der Waals surface area contributed by atoms with Gasteiger partial charge in [0.25, 0.3) is 0 Å². The van der Waals surface area contributed by atoms with Crippen molar-refractivity contribution in [3.8, 4) is 0 Å². The number of allylic oxidation sites excluding steroid dienone is 7. The van der Waals surface area contributed by atoms with Gasteiger partial charge in [-0.15, -0.1) is 0 Å². The molecule has 2 N–H and O–H groups in total. The van der Waals surface area contributed by atoms with Crippen molar-refractivity contribution in [2.45, 2.75) is 6.42 Å². The molecule has 17 heavy (non-hydrogen) atoms.